The molecule has 4 heteroatoms. The number of fused-ring (bicyclic) bond motifs is 1. The standard InChI is InChI=1S/C9H15N3O/c1-7-8-3-4-12(6-13-2)5-9(8)11-10-7/h3-6H2,1-2H3,(H,10,11). The summed E-state index contributed by atoms with van der Waals surface area (Å²) >= 11 is 0. The van der Waals surface area contributed by atoms with Crippen molar-refractivity contribution in [1.29, 1.82) is 0 Å². The van der Waals surface area contributed by atoms with E-state index in [4.69, 9.17) is 4.74 Å². The normalized spacial score (nSPS) is 17.4. The van der Waals surface area contributed by atoms with E-state index in [0.29, 0.717) is 6.73 Å². The third-order valence-corrected chi connectivity index (χ3v) is 2.52. The summed E-state index contributed by atoms with van der Waals surface area (Å²) in [6.45, 7) is 4.76. The summed E-state index contributed by atoms with van der Waals surface area (Å²) in [5, 5.41) is 7.29. The van der Waals surface area contributed by atoms with Crippen molar-refractivity contribution in [3.05, 3.63) is 17.0 Å². The fourth-order valence-electron chi connectivity index (χ4n) is 1.82. The Kier molecular flexibility index (Phi) is 2.33. The quantitative estimate of drug-likeness (QED) is 0.729. The molecular weight excluding hydrogens is 166 g/mol. The highest BCUT2D eigenvalue weighted by Crippen LogP contribution is 2.18. The van der Waals surface area contributed by atoms with Crippen LogP contribution in [-0.4, -0.2) is 35.5 Å². The maximum atomic E-state index is 5.09. The number of rotatable bonds is 2. The van der Waals surface area contributed by atoms with Crippen LogP contribution in [0, 0.1) is 6.92 Å². The molecule has 0 aromatic carbocycles. The maximum Gasteiger partial charge on any atom is 0.0989 e. The summed E-state index contributed by atoms with van der Waals surface area (Å²) in [6.07, 6.45) is 1.08. The van der Waals surface area contributed by atoms with E-state index in [1.54, 1.807) is 7.11 Å². The van der Waals surface area contributed by atoms with Crippen LogP contribution in [0.3, 0.4) is 0 Å². The second kappa shape index (κ2) is 3.47. The summed E-state index contributed by atoms with van der Waals surface area (Å²) in [4.78, 5) is 2.25. The van der Waals surface area contributed by atoms with Gasteiger partial charge < -0.3 is 4.74 Å². The molecule has 0 saturated carbocycles. The van der Waals surface area contributed by atoms with Gasteiger partial charge in [0.2, 0.25) is 0 Å². The van der Waals surface area contributed by atoms with Crippen LogP contribution in [-0.2, 0) is 17.7 Å². The number of aryl methyl sites for hydroxylation is 1. The number of hydrogen-bond acceptors (Lipinski definition) is 3. The third-order valence-electron chi connectivity index (χ3n) is 2.52. The van der Waals surface area contributed by atoms with E-state index in [1.165, 1.54) is 17.0 Å². The van der Waals surface area contributed by atoms with Crippen LogP contribution in [0.5, 0.6) is 0 Å². The minimum atomic E-state index is 0.700. The predicted molar refractivity (Wildman–Crippen MR) is 49.3 cm³/mol. The van der Waals surface area contributed by atoms with E-state index in [1.807, 2.05) is 0 Å². The van der Waals surface area contributed by atoms with Gasteiger partial charge in [-0.25, -0.2) is 0 Å². The average molecular weight is 181 g/mol. The van der Waals surface area contributed by atoms with Crippen LogP contribution >= 0.6 is 0 Å². The minimum Gasteiger partial charge on any atom is -0.369 e. The smallest absolute Gasteiger partial charge is 0.0989 e. The number of methoxy groups -OCH3 is 1. The molecule has 1 aromatic heterocycles. The molecule has 72 valence electrons. The van der Waals surface area contributed by atoms with Crippen molar-refractivity contribution in [1.82, 2.24) is 15.1 Å². The molecule has 0 unspecified atom stereocenters. The lowest BCUT2D eigenvalue weighted by Crippen LogP contribution is -2.32. The molecule has 4 nitrogen and oxygen atoms in total. The van der Waals surface area contributed by atoms with Gasteiger partial charge in [-0.05, 0) is 18.9 Å². The Morgan fingerprint density at radius 3 is 3.23 bits per heavy atom. The summed E-state index contributed by atoms with van der Waals surface area (Å²) in [6, 6.07) is 0. The van der Waals surface area contributed by atoms with Crippen LogP contribution in [0.4, 0.5) is 0 Å². The Morgan fingerprint density at radius 1 is 1.62 bits per heavy atom. The molecule has 0 fully saturated rings. The average Bonchev–Trinajstić information content (AvgIpc) is 2.48. The van der Waals surface area contributed by atoms with Gasteiger partial charge in [-0.3, -0.25) is 10.00 Å². The highest BCUT2D eigenvalue weighted by molar-refractivity contribution is 5.26. The van der Waals surface area contributed by atoms with Crippen molar-refractivity contribution in [3.63, 3.8) is 0 Å². The third kappa shape index (κ3) is 1.59. The first-order valence-corrected chi connectivity index (χ1v) is 4.55. The first kappa shape index (κ1) is 8.72. The number of hydrogen-bond donors (Lipinski definition) is 1. The first-order chi connectivity index (χ1) is 6.31. The lowest BCUT2D eigenvalue weighted by Gasteiger charge is -2.24. The molecular formula is C9H15N3O. The fraction of sp³-hybridized carbons (Fsp3) is 0.667. The lowest BCUT2D eigenvalue weighted by atomic mass is 10.1. The number of aromatic amines is 1. The molecule has 0 saturated heterocycles. The zero-order valence-electron chi connectivity index (χ0n) is 8.13. The Morgan fingerprint density at radius 2 is 2.46 bits per heavy atom. The van der Waals surface area contributed by atoms with E-state index in [2.05, 4.69) is 22.0 Å². The number of ether oxygens (including phenoxy) is 1. The topological polar surface area (TPSA) is 41.1 Å². The second-order valence-corrected chi connectivity index (χ2v) is 3.49. The largest absolute Gasteiger partial charge is 0.369 e. The van der Waals surface area contributed by atoms with Crippen LogP contribution < -0.4 is 0 Å². The molecule has 0 spiro atoms. The van der Waals surface area contributed by atoms with Gasteiger partial charge in [-0.1, -0.05) is 0 Å². The summed E-state index contributed by atoms with van der Waals surface area (Å²) < 4.78 is 5.09. The van der Waals surface area contributed by atoms with Gasteiger partial charge >= 0.3 is 0 Å². The summed E-state index contributed by atoms with van der Waals surface area (Å²) in [7, 11) is 1.73. The molecule has 0 amide bonds. The van der Waals surface area contributed by atoms with Gasteiger partial charge in [0.25, 0.3) is 0 Å². The van der Waals surface area contributed by atoms with Gasteiger partial charge in [-0.15, -0.1) is 0 Å². The predicted octanol–water partition coefficient (Wildman–Crippen LogP) is 0.680. The van der Waals surface area contributed by atoms with Crippen molar-refractivity contribution in [2.75, 3.05) is 20.4 Å². The number of nitrogens with zero attached hydrogens (tertiary/aromatic N) is 2. The molecule has 0 bridgehead atoms. The van der Waals surface area contributed by atoms with Gasteiger partial charge in [-0.2, -0.15) is 5.10 Å². The fourth-order valence-corrected chi connectivity index (χ4v) is 1.82. The first-order valence-electron chi connectivity index (χ1n) is 4.55. The van der Waals surface area contributed by atoms with Crippen molar-refractivity contribution in [2.45, 2.75) is 19.9 Å². The minimum absolute atomic E-state index is 0.700. The number of aromatic nitrogens is 2. The zero-order chi connectivity index (χ0) is 9.26. The van der Waals surface area contributed by atoms with Crippen molar-refractivity contribution >= 4 is 0 Å². The highest BCUT2D eigenvalue weighted by atomic mass is 16.5. The van der Waals surface area contributed by atoms with E-state index in [9.17, 15) is 0 Å². The SMILES string of the molecule is COCN1CCc2c(n[nH]c2C)C1. The van der Waals surface area contributed by atoms with E-state index >= 15 is 0 Å². The molecule has 2 rings (SSSR count). The number of nitrogens with one attached hydrogen (secondary N) is 1. The van der Waals surface area contributed by atoms with E-state index in [0.717, 1.165) is 19.5 Å². The van der Waals surface area contributed by atoms with E-state index < -0.39 is 0 Å². The van der Waals surface area contributed by atoms with Crippen molar-refractivity contribution < 1.29 is 4.74 Å². The van der Waals surface area contributed by atoms with Crippen molar-refractivity contribution in [2.24, 2.45) is 0 Å². The molecule has 1 aliphatic heterocycles. The highest BCUT2D eigenvalue weighted by Gasteiger charge is 2.19. The molecule has 0 radical (unpaired) electrons. The van der Waals surface area contributed by atoms with Gasteiger partial charge in [0.1, 0.15) is 0 Å². The van der Waals surface area contributed by atoms with Gasteiger partial charge in [0, 0.05) is 25.9 Å². The van der Waals surface area contributed by atoms with Crippen LogP contribution in [0.1, 0.15) is 17.0 Å². The second-order valence-electron chi connectivity index (χ2n) is 3.49. The maximum absolute atomic E-state index is 5.09. The molecule has 1 N–H and O–H groups in total. The summed E-state index contributed by atoms with van der Waals surface area (Å²) in [5.41, 5.74) is 3.79. The Hall–Kier alpha value is -0.870. The van der Waals surface area contributed by atoms with Crippen molar-refractivity contribution in [3.8, 4) is 0 Å². The molecule has 13 heavy (non-hydrogen) atoms. The Balaban J connectivity index is 2.11. The summed E-state index contributed by atoms with van der Waals surface area (Å²) in [5.74, 6) is 0. The van der Waals surface area contributed by atoms with Gasteiger partial charge in [0.15, 0.2) is 0 Å². The van der Waals surface area contributed by atoms with Crippen LogP contribution in [0.15, 0.2) is 0 Å². The lowest BCUT2D eigenvalue weighted by molar-refractivity contribution is 0.0535. The Labute approximate surface area is 77.9 Å². The molecule has 1 aliphatic rings. The molecule has 2 heterocycles. The molecule has 0 aliphatic carbocycles. The van der Waals surface area contributed by atoms with Gasteiger partial charge in [0.05, 0.1) is 12.4 Å². The van der Waals surface area contributed by atoms with E-state index in [-0.39, 0.29) is 0 Å². The monoisotopic (exact) mass is 181 g/mol. The zero-order valence-corrected chi connectivity index (χ0v) is 8.13. The number of H-pyrrole nitrogens is 1. The van der Waals surface area contributed by atoms with Crippen LogP contribution in [0.2, 0.25) is 0 Å². The Bertz CT molecular complexity index is 295. The molecule has 0 atom stereocenters. The van der Waals surface area contributed by atoms with Crippen LogP contribution in [0.25, 0.3) is 0 Å². The molecule has 1 aromatic rings.